The van der Waals surface area contributed by atoms with E-state index >= 15 is 0 Å². The van der Waals surface area contributed by atoms with Crippen molar-refractivity contribution < 1.29 is 14.1 Å². The summed E-state index contributed by atoms with van der Waals surface area (Å²) in [4.78, 5) is 31.3. The lowest BCUT2D eigenvalue weighted by molar-refractivity contribution is -0.122. The number of nitrogens with one attached hydrogen (secondary N) is 2. The third kappa shape index (κ3) is 7.13. The number of carbonyl (C=O) groups excluding carboxylic acids is 2. The van der Waals surface area contributed by atoms with Crippen LogP contribution in [0, 0.1) is 0 Å². The van der Waals surface area contributed by atoms with Crippen molar-refractivity contribution in [2.45, 2.75) is 90.8 Å². The first-order chi connectivity index (χ1) is 16.5. The summed E-state index contributed by atoms with van der Waals surface area (Å²) in [6.07, 6.45) is 6.57. The van der Waals surface area contributed by atoms with Crippen LogP contribution in [0.25, 0.3) is 0 Å². The molecule has 2 N–H and O–H groups in total. The summed E-state index contributed by atoms with van der Waals surface area (Å²) >= 11 is 0. The normalized spacial score (nSPS) is 15.6. The predicted molar refractivity (Wildman–Crippen MR) is 131 cm³/mol. The molecule has 1 fully saturated rings. The zero-order valence-corrected chi connectivity index (χ0v) is 20.9. The molecule has 2 amide bonds. The maximum absolute atomic E-state index is 12.5. The van der Waals surface area contributed by atoms with Crippen LogP contribution < -0.4 is 10.6 Å². The Morgan fingerprint density at radius 2 is 1.74 bits per heavy atom. The zero-order valence-electron chi connectivity index (χ0n) is 20.9. The van der Waals surface area contributed by atoms with E-state index in [1.54, 1.807) is 0 Å². The van der Waals surface area contributed by atoms with Gasteiger partial charge >= 0.3 is 0 Å². The molecule has 1 saturated carbocycles. The molecule has 0 aliphatic heterocycles. The van der Waals surface area contributed by atoms with Crippen LogP contribution in [0.3, 0.4) is 0 Å². The van der Waals surface area contributed by atoms with Crippen molar-refractivity contribution in [2.24, 2.45) is 0 Å². The number of carbonyl (C=O) groups is 2. The Hall–Kier alpha value is -2.74. The second kappa shape index (κ2) is 12.6. The summed E-state index contributed by atoms with van der Waals surface area (Å²) in [6, 6.07) is 8.24. The average Bonchev–Trinajstić information content (AvgIpc) is 3.20. The summed E-state index contributed by atoms with van der Waals surface area (Å²) in [5, 5.41) is 10.3. The molecule has 3 rings (SSSR count). The molecule has 0 radical (unpaired) electrons. The Kier molecular flexibility index (Phi) is 9.62. The van der Waals surface area contributed by atoms with Crippen LogP contribution in [-0.2, 0) is 34.6 Å². The van der Waals surface area contributed by atoms with Gasteiger partial charge in [-0.1, -0.05) is 69.0 Å². The Labute approximate surface area is 202 Å². The van der Waals surface area contributed by atoms with Crippen molar-refractivity contribution >= 4 is 11.8 Å². The van der Waals surface area contributed by atoms with Gasteiger partial charge in [0.05, 0.1) is 0 Å². The molecule has 0 unspecified atom stereocenters. The highest BCUT2D eigenvalue weighted by Gasteiger charge is 2.38. The Bertz CT molecular complexity index is 930. The number of rotatable bonds is 11. The van der Waals surface area contributed by atoms with Gasteiger partial charge in [-0.2, -0.15) is 4.98 Å². The lowest BCUT2D eigenvalue weighted by Crippen LogP contribution is -2.45. The SMILES string of the molecule is CCN(CC)Cc1ccccc1CNC(=O)CCc1nc(C2(NC(C)=O)CCCCCC2)no1. The van der Waals surface area contributed by atoms with E-state index in [1.807, 2.05) is 12.1 Å². The highest BCUT2D eigenvalue weighted by molar-refractivity contribution is 5.76. The van der Waals surface area contributed by atoms with Crippen molar-refractivity contribution in [1.82, 2.24) is 25.7 Å². The van der Waals surface area contributed by atoms with Gasteiger partial charge in [-0.15, -0.1) is 0 Å². The summed E-state index contributed by atoms with van der Waals surface area (Å²) in [7, 11) is 0. The molecule has 0 saturated heterocycles. The molecule has 186 valence electrons. The first kappa shape index (κ1) is 25.9. The Morgan fingerprint density at radius 3 is 2.38 bits per heavy atom. The summed E-state index contributed by atoms with van der Waals surface area (Å²) in [5.74, 6) is 0.823. The first-order valence-corrected chi connectivity index (χ1v) is 12.6. The molecular formula is C26H39N5O3. The van der Waals surface area contributed by atoms with Crippen LogP contribution in [0.1, 0.15) is 88.6 Å². The Balaban J connectivity index is 1.56. The van der Waals surface area contributed by atoms with Crippen LogP contribution >= 0.6 is 0 Å². The maximum atomic E-state index is 12.5. The van der Waals surface area contributed by atoms with Gasteiger partial charge in [0.2, 0.25) is 17.7 Å². The van der Waals surface area contributed by atoms with Gasteiger partial charge in [-0.05, 0) is 37.1 Å². The summed E-state index contributed by atoms with van der Waals surface area (Å²) in [6.45, 7) is 9.20. The van der Waals surface area contributed by atoms with E-state index in [0.717, 1.165) is 63.7 Å². The fraction of sp³-hybridized carbons (Fsp3) is 0.615. The quantitative estimate of drug-likeness (QED) is 0.485. The fourth-order valence-corrected chi connectivity index (χ4v) is 4.70. The monoisotopic (exact) mass is 469 g/mol. The third-order valence-electron chi connectivity index (χ3n) is 6.72. The zero-order chi connectivity index (χ0) is 24.4. The van der Waals surface area contributed by atoms with E-state index in [1.165, 1.54) is 12.5 Å². The van der Waals surface area contributed by atoms with E-state index < -0.39 is 5.54 Å². The number of amides is 2. The molecule has 8 heteroatoms. The molecule has 1 aliphatic carbocycles. The first-order valence-electron chi connectivity index (χ1n) is 12.6. The number of aromatic nitrogens is 2. The minimum Gasteiger partial charge on any atom is -0.352 e. The molecule has 2 aromatic rings. The van der Waals surface area contributed by atoms with Crippen molar-refractivity contribution in [3.63, 3.8) is 0 Å². The van der Waals surface area contributed by atoms with Crippen molar-refractivity contribution in [2.75, 3.05) is 13.1 Å². The van der Waals surface area contributed by atoms with Crippen molar-refractivity contribution in [1.29, 1.82) is 0 Å². The van der Waals surface area contributed by atoms with Gasteiger partial charge in [0, 0.05) is 32.9 Å². The molecule has 1 heterocycles. The highest BCUT2D eigenvalue weighted by Crippen LogP contribution is 2.34. The molecular weight excluding hydrogens is 430 g/mol. The number of aryl methyl sites for hydroxylation is 1. The molecule has 0 atom stereocenters. The van der Waals surface area contributed by atoms with Crippen LogP contribution in [0.2, 0.25) is 0 Å². The number of benzene rings is 1. The van der Waals surface area contributed by atoms with Gasteiger partial charge in [-0.25, -0.2) is 0 Å². The van der Waals surface area contributed by atoms with E-state index in [9.17, 15) is 9.59 Å². The molecule has 0 bridgehead atoms. The van der Waals surface area contributed by atoms with Crippen molar-refractivity contribution in [3.8, 4) is 0 Å². The number of nitrogens with zero attached hydrogens (tertiary/aromatic N) is 3. The second-order valence-corrected chi connectivity index (χ2v) is 9.20. The molecule has 1 aliphatic rings. The molecule has 34 heavy (non-hydrogen) atoms. The van der Waals surface area contributed by atoms with E-state index in [4.69, 9.17) is 4.52 Å². The second-order valence-electron chi connectivity index (χ2n) is 9.20. The van der Waals surface area contributed by atoms with Gasteiger partial charge in [0.25, 0.3) is 0 Å². The van der Waals surface area contributed by atoms with Gasteiger partial charge in [0.1, 0.15) is 5.54 Å². The van der Waals surface area contributed by atoms with Gasteiger partial charge in [-0.3, -0.25) is 14.5 Å². The maximum Gasteiger partial charge on any atom is 0.227 e. The van der Waals surface area contributed by atoms with E-state index in [2.05, 4.69) is 51.7 Å². The largest absolute Gasteiger partial charge is 0.352 e. The molecule has 8 nitrogen and oxygen atoms in total. The minimum atomic E-state index is -0.569. The molecule has 1 aromatic carbocycles. The minimum absolute atomic E-state index is 0.0524. The molecule has 0 spiro atoms. The topological polar surface area (TPSA) is 100 Å². The molecule has 1 aromatic heterocycles. The van der Waals surface area contributed by atoms with Gasteiger partial charge in [0.15, 0.2) is 5.82 Å². The fourth-order valence-electron chi connectivity index (χ4n) is 4.70. The standard InChI is InChI=1S/C26H39N5O3/c1-4-31(5-2)19-22-13-9-8-12-21(22)18-27-23(33)14-15-24-28-25(30-34-24)26(29-20(3)32)16-10-6-7-11-17-26/h8-9,12-13H,4-7,10-11,14-19H2,1-3H3,(H,27,33)(H,29,32). The van der Waals surface area contributed by atoms with Crippen LogP contribution in [-0.4, -0.2) is 39.9 Å². The lowest BCUT2D eigenvalue weighted by atomic mass is 9.89. The van der Waals surface area contributed by atoms with Crippen LogP contribution in [0.4, 0.5) is 0 Å². The number of hydrogen-bond donors (Lipinski definition) is 2. The highest BCUT2D eigenvalue weighted by atomic mass is 16.5. The Morgan fingerprint density at radius 1 is 1.06 bits per heavy atom. The number of hydrogen-bond acceptors (Lipinski definition) is 6. The van der Waals surface area contributed by atoms with Crippen molar-refractivity contribution in [3.05, 3.63) is 47.1 Å². The summed E-state index contributed by atoms with van der Waals surface area (Å²) < 4.78 is 5.47. The average molecular weight is 470 g/mol. The lowest BCUT2D eigenvalue weighted by Gasteiger charge is -2.30. The third-order valence-corrected chi connectivity index (χ3v) is 6.72. The van der Waals surface area contributed by atoms with E-state index in [0.29, 0.717) is 24.7 Å². The van der Waals surface area contributed by atoms with E-state index in [-0.39, 0.29) is 18.2 Å². The smallest absolute Gasteiger partial charge is 0.227 e. The summed E-state index contributed by atoms with van der Waals surface area (Å²) in [5.41, 5.74) is 1.80. The van der Waals surface area contributed by atoms with Crippen LogP contribution in [0.5, 0.6) is 0 Å². The van der Waals surface area contributed by atoms with Crippen LogP contribution in [0.15, 0.2) is 28.8 Å². The van der Waals surface area contributed by atoms with Gasteiger partial charge < -0.3 is 15.2 Å². The predicted octanol–water partition coefficient (Wildman–Crippen LogP) is 3.85.